The van der Waals surface area contributed by atoms with Crippen molar-refractivity contribution in [3.63, 3.8) is 0 Å². The van der Waals surface area contributed by atoms with Gasteiger partial charge in [0.05, 0.1) is 0 Å². The number of nitrogens with one attached hydrogen (secondary N) is 2. The lowest BCUT2D eigenvalue weighted by atomic mass is 9.76. The van der Waals surface area contributed by atoms with Crippen LogP contribution in [0, 0.1) is 17.8 Å². The maximum absolute atomic E-state index is 13.0. The molecule has 170 valence electrons. The Morgan fingerprint density at radius 1 is 0.844 bits per heavy atom. The molecule has 2 amide bonds. The molecule has 0 aromatic heterocycles. The Kier molecular flexibility index (Phi) is 8.60. The first kappa shape index (κ1) is 23.7. The zero-order valence-corrected chi connectivity index (χ0v) is 19.1. The van der Waals surface area contributed by atoms with Crippen LogP contribution in [-0.4, -0.2) is 23.6 Å². The van der Waals surface area contributed by atoms with Crippen LogP contribution < -0.4 is 10.6 Å². The van der Waals surface area contributed by atoms with Crippen molar-refractivity contribution in [1.29, 1.82) is 0 Å². The summed E-state index contributed by atoms with van der Waals surface area (Å²) in [7, 11) is 0. The van der Waals surface area contributed by atoms with Gasteiger partial charge in [0.25, 0.3) is 5.91 Å². The monoisotopic (exact) mass is 434 g/mol. The molecule has 2 N–H and O–H groups in total. The topological polar surface area (TPSA) is 75.3 Å². The Bertz CT molecular complexity index is 888. The van der Waals surface area contributed by atoms with E-state index in [1.54, 1.807) is 0 Å². The average molecular weight is 435 g/mol. The predicted octanol–water partition coefficient (Wildman–Crippen LogP) is 4.06. The van der Waals surface area contributed by atoms with E-state index in [-0.39, 0.29) is 18.4 Å². The standard InChI is InChI=1S/C27H34N2O3/c1-19(2)22-13-15-23(16-14-22)26(31)29-24(17-20-9-5-3-6-10-20)25(30)27(32)28-18-21-11-7-4-8-12-21/h3-12,19,22-24H,13-18H2,1-2H3,(H,28,32)(H,29,31). The Hall–Kier alpha value is -2.95. The van der Waals surface area contributed by atoms with Gasteiger partial charge in [0.1, 0.15) is 6.04 Å². The highest BCUT2D eigenvalue weighted by Gasteiger charge is 2.32. The third kappa shape index (κ3) is 6.78. The fraction of sp³-hybridized carbons (Fsp3) is 0.444. The fourth-order valence-electron chi connectivity index (χ4n) is 4.42. The van der Waals surface area contributed by atoms with Crippen LogP contribution in [0.5, 0.6) is 0 Å². The molecule has 0 radical (unpaired) electrons. The van der Waals surface area contributed by atoms with Crippen LogP contribution >= 0.6 is 0 Å². The number of Topliss-reactive ketones (excluding diaryl/α,β-unsaturated/α-hetero) is 1. The molecular formula is C27H34N2O3. The Labute approximate surface area is 191 Å². The summed E-state index contributed by atoms with van der Waals surface area (Å²) in [6.07, 6.45) is 4.03. The minimum Gasteiger partial charge on any atom is -0.345 e. The second kappa shape index (κ2) is 11.6. The van der Waals surface area contributed by atoms with Crippen LogP contribution in [0.4, 0.5) is 0 Å². The number of carbonyl (C=O) groups excluding carboxylic acids is 3. The summed E-state index contributed by atoms with van der Waals surface area (Å²) in [5.74, 6) is -0.197. The molecule has 5 heteroatoms. The maximum Gasteiger partial charge on any atom is 0.289 e. The van der Waals surface area contributed by atoms with Gasteiger partial charge in [-0.1, -0.05) is 74.5 Å². The zero-order valence-electron chi connectivity index (χ0n) is 19.1. The number of rotatable bonds is 9. The van der Waals surface area contributed by atoms with E-state index in [1.165, 1.54) is 0 Å². The van der Waals surface area contributed by atoms with E-state index in [2.05, 4.69) is 24.5 Å². The van der Waals surface area contributed by atoms with Crippen LogP contribution in [0.2, 0.25) is 0 Å². The molecule has 0 saturated heterocycles. The van der Waals surface area contributed by atoms with Gasteiger partial charge in [0.15, 0.2) is 0 Å². The van der Waals surface area contributed by atoms with Crippen LogP contribution in [0.15, 0.2) is 60.7 Å². The van der Waals surface area contributed by atoms with E-state index in [4.69, 9.17) is 0 Å². The quantitative estimate of drug-likeness (QED) is 0.585. The number of carbonyl (C=O) groups is 3. The summed E-state index contributed by atoms with van der Waals surface area (Å²) in [6.45, 7) is 4.73. The molecule has 5 nitrogen and oxygen atoms in total. The number of ketones is 1. The number of hydrogen-bond donors (Lipinski definition) is 2. The predicted molar refractivity (Wildman–Crippen MR) is 126 cm³/mol. The second-order valence-corrected chi connectivity index (χ2v) is 9.14. The normalized spacial score (nSPS) is 19.2. The summed E-state index contributed by atoms with van der Waals surface area (Å²) in [5.41, 5.74) is 1.82. The first-order valence-electron chi connectivity index (χ1n) is 11.6. The SMILES string of the molecule is CC(C)C1CCC(C(=O)NC(Cc2ccccc2)C(=O)C(=O)NCc2ccccc2)CC1. The highest BCUT2D eigenvalue weighted by Crippen LogP contribution is 2.33. The van der Waals surface area contributed by atoms with Crippen LogP contribution in [0.1, 0.15) is 50.7 Å². The van der Waals surface area contributed by atoms with Gasteiger partial charge in [-0.05, 0) is 48.6 Å². The van der Waals surface area contributed by atoms with Crippen molar-refractivity contribution in [3.05, 3.63) is 71.8 Å². The van der Waals surface area contributed by atoms with Gasteiger partial charge < -0.3 is 10.6 Å². The van der Waals surface area contributed by atoms with Gasteiger partial charge >= 0.3 is 0 Å². The van der Waals surface area contributed by atoms with Crippen molar-refractivity contribution in [3.8, 4) is 0 Å². The van der Waals surface area contributed by atoms with Gasteiger partial charge in [-0.15, -0.1) is 0 Å². The molecule has 1 aliphatic carbocycles. The molecule has 1 aliphatic rings. The lowest BCUT2D eigenvalue weighted by Crippen LogP contribution is -2.50. The molecule has 2 aromatic carbocycles. The van der Waals surface area contributed by atoms with Crippen molar-refractivity contribution in [1.82, 2.24) is 10.6 Å². The number of hydrogen-bond acceptors (Lipinski definition) is 3. The highest BCUT2D eigenvalue weighted by molar-refractivity contribution is 6.38. The van der Waals surface area contributed by atoms with Crippen molar-refractivity contribution < 1.29 is 14.4 Å². The molecular weight excluding hydrogens is 400 g/mol. The maximum atomic E-state index is 13.0. The first-order chi connectivity index (χ1) is 15.4. The molecule has 1 saturated carbocycles. The van der Waals surface area contributed by atoms with Crippen LogP contribution in [0.3, 0.4) is 0 Å². The minimum absolute atomic E-state index is 0.0940. The second-order valence-electron chi connectivity index (χ2n) is 9.14. The summed E-state index contributed by atoms with van der Waals surface area (Å²) in [4.78, 5) is 38.6. The van der Waals surface area contributed by atoms with Crippen LogP contribution in [-0.2, 0) is 27.3 Å². The van der Waals surface area contributed by atoms with E-state index < -0.39 is 17.7 Å². The largest absolute Gasteiger partial charge is 0.345 e. The molecule has 3 rings (SSSR count). The zero-order chi connectivity index (χ0) is 22.9. The molecule has 0 aliphatic heterocycles. The van der Waals surface area contributed by atoms with Crippen molar-refractivity contribution >= 4 is 17.6 Å². The molecule has 1 atom stereocenters. The fourth-order valence-corrected chi connectivity index (χ4v) is 4.42. The summed E-state index contributed by atoms with van der Waals surface area (Å²) in [5, 5.41) is 5.61. The Balaban J connectivity index is 1.64. The lowest BCUT2D eigenvalue weighted by Gasteiger charge is -2.31. The van der Waals surface area contributed by atoms with Crippen LogP contribution in [0.25, 0.3) is 0 Å². The minimum atomic E-state index is -0.872. The van der Waals surface area contributed by atoms with E-state index in [0.717, 1.165) is 36.8 Å². The molecule has 0 bridgehead atoms. The van der Waals surface area contributed by atoms with Gasteiger partial charge in [-0.3, -0.25) is 14.4 Å². The van der Waals surface area contributed by atoms with E-state index in [1.807, 2.05) is 60.7 Å². The molecule has 0 heterocycles. The molecule has 1 fully saturated rings. The summed E-state index contributed by atoms with van der Waals surface area (Å²) < 4.78 is 0. The van der Waals surface area contributed by atoms with Crippen molar-refractivity contribution in [2.45, 2.75) is 58.5 Å². The first-order valence-corrected chi connectivity index (χ1v) is 11.6. The van der Waals surface area contributed by atoms with E-state index in [0.29, 0.717) is 18.3 Å². The smallest absolute Gasteiger partial charge is 0.289 e. The average Bonchev–Trinajstić information content (AvgIpc) is 2.83. The Morgan fingerprint density at radius 2 is 1.41 bits per heavy atom. The summed E-state index contributed by atoms with van der Waals surface area (Å²) >= 11 is 0. The third-order valence-electron chi connectivity index (χ3n) is 6.52. The van der Waals surface area contributed by atoms with E-state index >= 15 is 0 Å². The van der Waals surface area contributed by atoms with Gasteiger partial charge in [0, 0.05) is 18.9 Å². The van der Waals surface area contributed by atoms with Gasteiger partial charge in [0.2, 0.25) is 11.7 Å². The summed E-state index contributed by atoms with van der Waals surface area (Å²) in [6, 6.07) is 18.1. The molecule has 2 aromatic rings. The molecule has 32 heavy (non-hydrogen) atoms. The highest BCUT2D eigenvalue weighted by atomic mass is 16.2. The van der Waals surface area contributed by atoms with Crippen molar-refractivity contribution in [2.24, 2.45) is 17.8 Å². The number of benzene rings is 2. The Morgan fingerprint density at radius 3 is 1.97 bits per heavy atom. The third-order valence-corrected chi connectivity index (χ3v) is 6.52. The molecule has 1 unspecified atom stereocenters. The van der Waals surface area contributed by atoms with Gasteiger partial charge in [-0.2, -0.15) is 0 Å². The number of amides is 2. The van der Waals surface area contributed by atoms with Gasteiger partial charge in [-0.25, -0.2) is 0 Å². The van der Waals surface area contributed by atoms with Crippen molar-refractivity contribution in [2.75, 3.05) is 0 Å². The van der Waals surface area contributed by atoms with E-state index in [9.17, 15) is 14.4 Å². The molecule has 0 spiro atoms. The lowest BCUT2D eigenvalue weighted by molar-refractivity contribution is -0.140.